The minimum Gasteiger partial charge on any atom is -0.493 e. The first-order valence-electron chi connectivity index (χ1n) is 10.00. The van der Waals surface area contributed by atoms with Crippen molar-refractivity contribution < 1.29 is 13.2 Å². The number of sulfone groups is 1. The van der Waals surface area contributed by atoms with Gasteiger partial charge in [0, 0.05) is 31.8 Å². The lowest BCUT2D eigenvalue weighted by atomic mass is 9.93. The molecule has 0 fully saturated rings. The van der Waals surface area contributed by atoms with Crippen molar-refractivity contribution in [3.8, 4) is 5.75 Å². The van der Waals surface area contributed by atoms with Gasteiger partial charge < -0.3 is 15.4 Å². The molecule has 0 saturated heterocycles. The second kappa shape index (κ2) is 9.78. The van der Waals surface area contributed by atoms with Crippen molar-refractivity contribution in [1.82, 2.24) is 10.6 Å². The SMILES string of the molecule is CCNC(=NCC1CCOc2ccccc21)NCCc1ccc(S(C)(=O)=O)cc1. The molecule has 6 nitrogen and oxygen atoms in total. The number of nitrogens with zero attached hydrogens (tertiary/aromatic N) is 1. The fraction of sp³-hybridized carbons (Fsp3) is 0.409. The Hall–Kier alpha value is -2.54. The van der Waals surface area contributed by atoms with Gasteiger partial charge in [-0.1, -0.05) is 30.3 Å². The third-order valence-electron chi connectivity index (χ3n) is 4.95. The third kappa shape index (κ3) is 5.97. The highest BCUT2D eigenvalue weighted by Gasteiger charge is 2.20. The van der Waals surface area contributed by atoms with Gasteiger partial charge in [-0.15, -0.1) is 0 Å². The number of guanidine groups is 1. The summed E-state index contributed by atoms with van der Waals surface area (Å²) in [4.78, 5) is 5.12. The van der Waals surface area contributed by atoms with E-state index in [-0.39, 0.29) is 0 Å². The molecule has 0 bridgehead atoms. The summed E-state index contributed by atoms with van der Waals surface area (Å²) in [5, 5.41) is 6.66. The quantitative estimate of drug-likeness (QED) is 0.537. The second-order valence-corrected chi connectivity index (χ2v) is 9.20. The molecule has 1 aliphatic rings. The highest BCUT2D eigenvalue weighted by Crippen LogP contribution is 2.33. The van der Waals surface area contributed by atoms with Gasteiger partial charge in [0.25, 0.3) is 0 Å². The van der Waals surface area contributed by atoms with Crippen LogP contribution in [-0.4, -0.2) is 46.9 Å². The van der Waals surface area contributed by atoms with Crippen molar-refractivity contribution in [2.75, 3.05) is 32.5 Å². The lowest BCUT2D eigenvalue weighted by molar-refractivity contribution is 0.269. The molecule has 0 radical (unpaired) electrons. The highest BCUT2D eigenvalue weighted by molar-refractivity contribution is 7.90. The van der Waals surface area contributed by atoms with Crippen LogP contribution in [0, 0.1) is 0 Å². The topological polar surface area (TPSA) is 79.8 Å². The van der Waals surface area contributed by atoms with Gasteiger partial charge in [-0.05, 0) is 49.1 Å². The minimum absolute atomic E-state index is 0.348. The maximum atomic E-state index is 11.6. The number of hydrogen-bond acceptors (Lipinski definition) is 4. The summed E-state index contributed by atoms with van der Waals surface area (Å²) in [6.07, 6.45) is 2.97. The summed E-state index contributed by atoms with van der Waals surface area (Å²) in [6, 6.07) is 15.2. The van der Waals surface area contributed by atoms with Crippen LogP contribution in [0.4, 0.5) is 0 Å². The Kier molecular flexibility index (Phi) is 7.14. The van der Waals surface area contributed by atoms with E-state index >= 15 is 0 Å². The smallest absolute Gasteiger partial charge is 0.191 e. The molecule has 3 rings (SSSR count). The monoisotopic (exact) mass is 415 g/mol. The van der Waals surface area contributed by atoms with E-state index in [1.807, 2.05) is 37.3 Å². The lowest BCUT2D eigenvalue weighted by Crippen LogP contribution is -2.38. The van der Waals surface area contributed by atoms with Crippen LogP contribution in [0.2, 0.25) is 0 Å². The summed E-state index contributed by atoms with van der Waals surface area (Å²) < 4.78 is 28.8. The van der Waals surface area contributed by atoms with Crippen LogP contribution in [0.1, 0.15) is 30.4 Å². The summed E-state index contributed by atoms with van der Waals surface area (Å²) >= 11 is 0. The lowest BCUT2D eigenvalue weighted by Gasteiger charge is -2.25. The van der Waals surface area contributed by atoms with Crippen molar-refractivity contribution in [3.63, 3.8) is 0 Å². The average molecular weight is 416 g/mol. The number of hydrogen-bond donors (Lipinski definition) is 2. The molecule has 1 unspecified atom stereocenters. The number of fused-ring (bicyclic) bond motifs is 1. The van der Waals surface area contributed by atoms with Crippen LogP contribution >= 0.6 is 0 Å². The number of benzene rings is 2. The van der Waals surface area contributed by atoms with Crippen LogP contribution in [-0.2, 0) is 16.3 Å². The standard InChI is InChI=1S/C22H29N3O3S/c1-3-23-22(24-14-12-17-8-10-19(11-9-17)29(2,26)27)25-16-18-13-15-28-21-7-5-4-6-20(18)21/h4-11,18H,3,12-16H2,1-2H3,(H2,23,24,25). The molecule has 29 heavy (non-hydrogen) atoms. The van der Waals surface area contributed by atoms with Crippen molar-refractivity contribution in [2.45, 2.75) is 30.6 Å². The zero-order chi connectivity index (χ0) is 20.7. The van der Waals surface area contributed by atoms with Gasteiger partial charge in [-0.3, -0.25) is 4.99 Å². The number of rotatable bonds is 7. The van der Waals surface area contributed by atoms with Gasteiger partial charge in [-0.25, -0.2) is 8.42 Å². The van der Waals surface area contributed by atoms with Crippen LogP contribution in [0.25, 0.3) is 0 Å². The summed E-state index contributed by atoms with van der Waals surface area (Å²) in [6.45, 7) is 4.99. The maximum absolute atomic E-state index is 11.6. The summed E-state index contributed by atoms with van der Waals surface area (Å²) in [5.41, 5.74) is 2.31. The first kappa shape index (κ1) is 21.2. The van der Waals surface area contributed by atoms with Crippen molar-refractivity contribution in [1.29, 1.82) is 0 Å². The Morgan fingerprint density at radius 2 is 1.90 bits per heavy atom. The average Bonchev–Trinajstić information content (AvgIpc) is 2.71. The second-order valence-electron chi connectivity index (χ2n) is 7.18. The van der Waals surface area contributed by atoms with E-state index in [4.69, 9.17) is 9.73 Å². The zero-order valence-electron chi connectivity index (χ0n) is 17.0. The highest BCUT2D eigenvalue weighted by atomic mass is 32.2. The molecule has 1 aliphatic heterocycles. The predicted octanol–water partition coefficient (Wildman–Crippen LogP) is 2.75. The zero-order valence-corrected chi connectivity index (χ0v) is 17.8. The first-order chi connectivity index (χ1) is 14.0. The molecule has 0 spiro atoms. The first-order valence-corrected chi connectivity index (χ1v) is 11.9. The predicted molar refractivity (Wildman–Crippen MR) is 117 cm³/mol. The van der Waals surface area contributed by atoms with E-state index in [0.29, 0.717) is 23.9 Å². The van der Waals surface area contributed by atoms with Crippen LogP contribution in [0.3, 0.4) is 0 Å². The molecule has 0 aromatic heterocycles. The third-order valence-corrected chi connectivity index (χ3v) is 6.08. The molecule has 7 heteroatoms. The van der Waals surface area contributed by atoms with Gasteiger partial charge >= 0.3 is 0 Å². The Morgan fingerprint density at radius 1 is 1.14 bits per heavy atom. The van der Waals surface area contributed by atoms with Gasteiger partial charge in [0.1, 0.15) is 5.75 Å². The molecule has 156 valence electrons. The normalized spacial score (nSPS) is 16.6. The van der Waals surface area contributed by atoms with Crippen molar-refractivity contribution in [2.24, 2.45) is 4.99 Å². The Labute approximate surface area is 173 Å². The Balaban J connectivity index is 1.56. The Morgan fingerprint density at radius 3 is 2.62 bits per heavy atom. The molecule has 0 aliphatic carbocycles. The van der Waals surface area contributed by atoms with E-state index in [9.17, 15) is 8.42 Å². The van der Waals surface area contributed by atoms with Gasteiger partial charge in [-0.2, -0.15) is 0 Å². The fourth-order valence-electron chi connectivity index (χ4n) is 3.38. The van der Waals surface area contributed by atoms with E-state index in [2.05, 4.69) is 16.7 Å². The molecular formula is C22H29N3O3S. The van der Waals surface area contributed by atoms with Crippen LogP contribution in [0.5, 0.6) is 5.75 Å². The minimum atomic E-state index is -3.15. The summed E-state index contributed by atoms with van der Waals surface area (Å²) in [7, 11) is -3.15. The van der Waals surface area contributed by atoms with Crippen LogP contribution < -0.4 is 15.4 Å². The van der Waals surface area contributed by atoms with Crippen molar-refractivity contribution >= 4 is 15.8 Å². The van der Waals surface area contributed by atoms with Crippen LogP contribution in [0.15, 0.2) is 58.4 Å². The molecule has 1 heterocycles. The molecule has 0 amide bonds. The van der Waals surface area contributed by atoms with Crippen molar-refractivity contribution in [3.05, 3.63) is 59.7 Å². The molecule has 1 atom stereocenters. The Bertz CT molecular complexity index is 940. The summed E-state index contributed by atoms with van der Waals surface area (Å²) in [5.74, 6) is 2.12. The number of ether oxygens (including phenoxy) is 1. The van der Waals surface area contributed by atoms with Gasteiger partial charge in [0.15, 0.2) is 15.8 Å². The van der Waals surface area contributed by atoms with Gasteiger partial charge in [0.2, 0.25) is 0 Å². The molecule has 2 aromatic rings. The van der Waals surface area contributed by atoms with E-state index < -0.39 is 9.84 Å². The molecule has 0 saturated carbocycles. The maximum Gasteiger partial charge on any atom is 0.191 e. The van der Waals surface area contributed by atoms with E-state index in [1.54, 1.807) is 12.1 Å². The number of para-hydroxylation sites is 1. The number of aliphatic imine (C=N–C) groups is 1. The van der Waals surface area contributed by atoms with E-state index in [0.717, 1.165) is 43.3 Å². The largest absolute Gasteiger partial charge is 0.493 e. The van der Waals surface area contributed by atoms with Gasteiger partial charge in [0.05, 0.1) is 11.5 Å². The molecular weight excluding hydrogens is 386 g/mol. The fourth-order valence-corrected chi connectivity index (χ4v) is 4.01. The van der Waals surface area contributed by atoms with E-state index in [1.165, 1.54) is 11.8 Å². The number of nitrogens with one attached hydrogen (secondary N) is 2. The molecule has 2 aromatic carbocycles. The molecule has 2 N–H and O–H groups in total.